The Hall–Kier alpha value is -0.650. The highest BCUT2D eigenvalue weighted by atomic mass is 17.1. The fourth-order valence-corrected chi connectivity index (χ4v) is 1.62. The molecule has 0 amide bonds. The molecule has 0 rings (SSSR count). The molecule has 5 nitrogen and oxygen atoms in total. The average molecular weight is 247 g/mol. The van der Waals surface area contributed by atoms with Crippen LogP contribution in [0.15, 0.2) is 0 Å². The average Bonchev–Trinajstić information content (AvgIpc) is 2.30. The van der Waals surface area contributed by atoms with E-state index in [0.717, 1.165) is 45.2 Å². The molecule has 0 heterocycles. The number of nitrogens with one attached hydrogen (secondary N) is 1. The van der Waals surface area contributed by atoms with Crippen LogP contribution in [0.1, 0.15) is 51.4 Å². The van der Waals surface area contributed by atoms with E-state index in [1.165, 1.54) is 12.8 Å². The predicted octanol–water partition coefficient (Wildman–Crippen LogP) is 2.27. The number of rotatable bonds is 13. The third-order valence-electron chi connectivity index (χ3n) is 2.58. The summed E-state index contributed by atoms with van der Waals surface area (Å²) < 4.78 is 0. The summed E-state index contributed by atoms with van der Waals surface area (Å²) in [5.74, 6) is -0.693. The van der Waals surface area contributed by atoms with Crippen LogP contribution in [0.5, 0.6) is 0 Å². The molecule has 0 aromatic rings. The van der Waals surface area contributed by atoms with E-state index in [0.29, 0.717) is 13.0 Å². The highest BCUT2D eigenvalue weighted by Gasteiger charge is 1.96. The van der Waals surface area contributed by atoms with Gasteiger partial charge in [-0.3, -0.25) is 10.1 Å². The number of aliphatic carboxylic acids is 1. The maximum absolute atomic E-state index is 10.2. The van der Waals surface area contributed by atoms with Gasteiger partial charge in [0, 0.05) is 6.42 Å². The Morgan fingerprint density at radius 1 is 0.941 bits per heavy atom. The van der Waals surface area contributed by atoms with Crippen molar-refractivity contribution in [1.29, 1.82) is 0 Å². The van der Waals surface area contributed by atoms with Crippen LogP contribution in [0.3, 0.4) is 0 Å². The highest BCUT2D eigenvalue weighted by molar-refractivity contribution is 5.66. The van der Waals surface area contributed by atoms with Crippen LogP contribution < -0.4 is 5.32 Å². The van der Waals surface area contributed by atoms with Crippen LogP contribution in [0, 0.1) is 0 Å². The Morgan fingerprint density at radius 3 is 2.18 bits per heavy atom. The van der Waals surface area contributed by atoms with Gasteiger partial charge in [-0.05, 0) is 32.4 Å². The molecule has 0 saturated carbocycles. The Bertz CT molecular complexity index is 176. The molecule has 0 fully saturated rings. The van der Waals surface area contributed by atoms with Gasteiger partial charge in [0.05, 0.1) is 6.61 Å². The van der Waals surface area contributed by atoms with E-state index in [2.05, 4.69) is 10.2 Å². The van der Waals surface area contributed by atoms with Crippen molar-refractivity contribution in [1.82, 2.24) is 5.32 Å². The van der Waals surface area contributed by atoms with Gasteiger partial charge in [0.15, 0.2) is 0 Å². The molecule has 102 valence electrons. The molecule has 0 aliphatic rings. The van der Waals surface area contributed by atoms with Crippen LogP contribution in [-0.4, -0.2) is 36.0 Å². The van der Waals surface area contributed by atoms with E-state index in [-0.39, 0.29) is 0 Å². The third kappa shape index (κ3) is 15.4. The monoisotopic (exact) mass is 247 g/mol. The van der Waals surface area contributed by atoms with Crippen LogP contribution in [-0.2, 0) is 9.68 Å². The molecular weight excluding hydrogens is 222 g/mol. The number of hydrogen-bond acceptors (Lipinski definition) is 4. The first-order valence-corrected chi connectivity index (χ1v) is 6.46. The van der Waals surface area contributed by atoms with Gasteiger partial charge >= 0.3 is 5.97 Å². The summed E-state index contributed by atoms with van der Waals surface area (Å²) >= 11 is 0. The van der Waals surface area contributed by atoms with E-state index in [1.54, 1.807) is 0 Å². The van der Waals surface area contributed by atoms with Gasteiger partial charge in [0.2, 0.25) is 0 Å². The van der Waals surface area contributed by atoms with Gasteiger partial charge in [-0.15, -0.1) is 0 Å². The van der Waals surface area contributed by atoms with Gasteiger partial charge in [0.1, 0.15) is 0 Å². The van der Waals surface area contributed by atoms with E-state index in [1.807, 2.05) is 0 Å². The lowest BCUT2D eigenvalue weighted by Gasteiger charge is -2.03. The van der Waals surface area contributed by atoms with Crippen molar-refractivity contribution in [2.45, 2.75) is 51.4 Å². The first kappa shape index (κ1) is 16.4. The number of unbranched alkanes of at least 4 members (excludes halogenated alkanes) is 5. The van der Waals surface area contributed by atoms with Crippen molar-refractivity contribution >= 4 is 5.97 Å². The van der Waals surface area contributed by atoms with Crippen molar-refractivity contribution in [3.63, 3.8) is 0 Å². The maximum Gasteiger partial charge on any atom is 0.303 e. The molecule has 0 aromatic heterocycles. The van der Waals surface area contributed by atoms with Crippen molar-refractivity contribution < 1.29 is 20.0 Å². The number of hydrogen-bond donors (Lipinski definition) is 3. The van der Waals surface area contributed by atoms with Crippen LogP contribution >= 0.6 is 0 Å². The molecule has 0 spiro atoms. The summed E-state index contributed by atoms with van der Waals surface area (Å²) in [6.45, 7) is 2.26. The summed E-state index contributed by atoms with van der Waals surface area (Å²) in [5, 5.41) is 19.8. The fourth-order valence-electron chi connectivity index (χ4n) is 1.62. The zero-order valence-electron chi connectivity index (χ0n) is 10.5. The van der Waals surface area contributed by atoms with Gasteiger partial charge in [-0.25, -0.2) is 4.89 Å². The Balaban J connectivity index is 2.91. The SMILES string of the molecule is O=C(O)CCCCCCCCNCCCOO. The molecule has 17 heavy (non-hydrogen) atoms. The first-order valence-electron chi connectivity index (χ1n) is 6.46. The van der Waals surface area contributed by atoms with Crippen LogP contribution in [0.4, 0.5) is 0 Å². The first-order chi connectivity index (χ1) is 8.27. The fraction of sp³-hybridized carbons (Fsp3) is 0.917. The van der Waals surface area contributed by atoms with E-state index < -0.39 is 5.97 Å². The van der Waals surface area contributed by atoms with Gasteiger partial charge in [-0.1, -0.05) is 25.7 Å². The molecule has 0 atom stereocenters. The van der Waals surface area contributed by atoms with E-state index in [4.69, 9.17) is 10.4 Å². The van der Waals surface area contributed by atoms with E-state index >= 15 is 0 Å². The summed E-state index contributed by atoms with van der Waals surface area (Å²) in [4.78, 5) is 14.2. The molecule has 0 unspecified atom stereocenters. The minimum Gasteiger partial charge on any atom is -0.481 e. The molecule has 0 saturated heterocycles. The van der Waals surface area contributed by atoms with Crippen molar-refractivity contribution in [2.75, 3.05) is 19.7 Å². The molecular formula is C12H25NO4. The number of carboxylic acids is 1. The predicted molar refractivity (Wildman–Crippen MR) is 66.0 cm³/mol. The normalized spacial score (nSPS) is 10.6. The van der Waals surface area contributed by atoms with Crippen LogP contribution in [0.25, 0.3) is 0 Å². The topological polar surface area (TPSA) is 78.8 Å². The number of carboxylic acid groups (broad SMARTS) is 1. The second-order valence-electron chi connectivity index (χ2n) is 4.20. The minimum atomic E-state index is -0.693. The van der Waals surface area contributed by atoms with Crippen LogP contribution in [0.2, 0.25) is 0 Å². The van der Waals surface area contributed by atoms with Crippen molar-refractivity contribution in [3.8, 4) is 0 Å². The smallest absolute Gasteiger partial charge is 0.303 e. The van der Waals surface area contributed by atoms with Crippen molar-refractivity contribution in [2.24, 2.45) is 0 Å². The second-order valence-corrected chi connectivity index (χ2v) is 4.20. The van der Waals surface area contributed by atoms with Gasteiger partial charge < -0.3 is 10.4 Å². The summed E-state index contributed by atoms with van der Waals surface area (Å²) in [6.07, 6.45) is 7.60. The third-order valence-corrected chi connectivity index (χ3v) is 2.58. The number of carbonyl (C=O) groups is 1. The Labute approximate surface area is 103 Å². The summed E-state index contributed by atoms with van der Waals surface area (Å²) in [7, 11) is 0. The summed E-state index contributed by atoms with van der Waals surface area (Å²) in [5.41, 5.74) is 0. The lowest BCUT2D eigenvalue weighted by Crippen LogP contribution is -2.17. The quantitative estimate of drug-likeness (QED) is 0.264. The largest absolute Gasteiger partial charge is 0.481 e. The van der Waals surface area contributed by atoms with Gasteiger partial charge in [0.25, 0.3) is 0 Å². The zero-order chi connectivity index (χ0) is 12.8. The maximum atomic E-state index is 10.2. The van der Waals surface area contributed by atoms with E-state index in [9.17, 15) is 4.79 Å². The lowest BCUT2D eigenvalue weighted by molar-refractivity contribution is -0.242. The summed E-state index contributed by atoms with van der Waals surface area (Å²) in [6, 6.07) is 0. The zero-order valence-corrected chi connectivity index (χ0v) is 10.5. The second kappa shape index (κ2) is 13.4. The van der Waals surface area contributed by atoms with Crippen molar-refractivity contribution in [3.05, 3.63) is 0 Å². The Morgan fingerprint density at radius 2 is 1.53 bits per heavy atom. The molecule has 0 aliphatic heterocycles. The standard InChI is InChI=1S/C12H25NO4/c14-12(15)8-5-3-1-2-4-6-9-13-10-7-11-17-16/h13,16H,1-11H2,(H,14,15). The molecule has 0 bridgehead atoms. The molecule has 5 heteroatoms. The Kier molecular flexibility index (Phi) is 12.9. The lowest BCUT2D eigenvalue weighted by atomic mass is 10.1. The molecule has 3 N–H and O–H groups in total. The molecule has 0 radical (unpaired) electrons. The molecule has 0 aromatic carbocycles. The highest BCUT2D eigenvalue weighted by Crippen LogP contribution is 2.06. The van der Waals surface area contributed by atoms with Gasteiger partial charge in [-0.2, -0.15) is 0 Å². The minimum absolute atomic E-state index is 0.300. The molecule has 0 aliphatic carbocycles.